The Kier molecular flexibility index (Phi) is 3.72. The van der Waals surface area contributed by atoms with Gasteiger partial charge in [-0.3, -0.25) is 4.68 Å². The summed E-state index contributed by atoms with van der Waals surface area (Å²) in [5.41, 5.74) is 3.67. The lowest BCUT2D eigenvalue weighted by Gasteiger charge is -1.97. The lowest BCUT2D eigenvalue weighted by Crippen LogP contribution is -1.86. The number of hydrogen-bond donors (Lipinski definition) is 0. The molecule has 72 valence electrons. The molecule has 0 saturated carbocycles. The number of rotatable bonds is 3. The van der Waals surface area contributed by atoms with E-state index in [4.69, 9.17) is 0 Å². The Labute approximate surface area is 87.8 Å². The summed E-state index contributed by atoms with van der Waals surface area (Å²) < 4.78 is 1.86. The third-order valence-electron chi connectivity index (χ3n) is 2.00. The van der Waals surface area contributed by atoms with Gasteiger partial charge < -0.3 is 0 Å². The van der Waals surface area contributed by atoms with Crippen molar-refractivity contribution >= 4 is 21.5 Å². The van der Waals surface area contributed by atoms with Crippen LogP contribution >= 0.6 is 15.9 Å². The Morgan fingerprint density at radius 3 is 2.85 bits per heavy atom. The first-order chi connectivity index (χ1) is 6.15. The predicted octanol–water partition coefficient (Wildman–Crippen LogP) is 2.92. The molecule has 0 N–H and O–H groups in total. The van der Waals surface area contributed by atoms with Crippen LogP contribution in [-0.2, 0) is 7.05 Å². The van der Waals surface area contributed by atoms with E-state index in [0.717, 1.165) is 17.4 Å². The molecule has 0 aliphatic rings. The van der Waals surface area contributed by atoms with Crippen LogP contribution in [0.4, 0.5) is 0 Å². The average molecular weight is 243 g/mol. The summed E-state index contributed by atoms with van der Waals surface area (Å²) in [5, 5.41) is 5.32. The first kappa shape index (κ1) is 10.5. The standard InChI is InChI=1S/C10H15BrN2/c1-8(5-4-6-11)10-7-13(3)12-9(10)2/h5,7H,4,6H2,1-3H3/b8-5+. The van der Waals surface area contributed by atoms with Crippen molar-refractivity contribution in [1.82, 2.24) is 9.78 Å². The Morgan fingerprint density at radius 1 is 1.69 bits per heavy atom. The zero-order valence-electron chi connectivity index (χ0n) is 8.34. The average Bonchev–Trinajstić information content (AvgIpc) is 2.41. The number of allylic oxidation sites excluding steroid dienone is 2. The van der Waals surface area contributed by atoms with Crippen molar-refractivity contribution in [2.75, 3.05) is 5.33 Å². The highest BCUT2D eigenvalue weighted by Gasteiger charge is 2.03. The second kappa shape index (κ2) is 4.61. The van der Waals surface area contributed by atoms with Crippen molar-refractivity contribution in [3.8, 4) is 0 Å². The molecule has 0 aliphatic carbocycles. The van der Waals surface area contributed by atoms with Gasteiger partial charge in [0.15, 0.2) is 0 Å². The number of alkyl halides is 1. The number of aryl methyl sites for hydroxylation is 2. The molecule has 0 fully saturated rings. The van der Waals surface area contributed by atoms with Crippen LogP contribution < -0.4 is 0 Å². The van der Waals surface area contributed by atoms with Gasteiger partial charge in [0, 0.05) is 24.1 Å². The molecule has 2 nitrogen and oxygen atoms in total. The van der Waals surface area contributed by atoms with E-state index in [9.17, 15) is 0 Å². The van der Waals surface area contributed by atoms with Crippen molar-refractivity contribution in [2.45, 2.75) is 20.3 Å². The molecule has 1 aromatic heterocycles. The molecule has 0 unspecified atom stereocenters. The van der Waals surface area contributed by atoms with E-state index in [1.54, 1.807) is 0 Å². The largest absolute Gasteiger partial charge is 0.275 e. The van der Waals surface area contributed by atoms with Crippen LogP contribution in [0.1, 0.15) is 24.6 Å². The fourth-order valence-corrected chi connectivity index (χ4v) is 1.60. The minimum atomic E-state index is 1.02. The van der Waals surface area contributed by atoms with Gasteiger partial charge >= 0.3 is 0 Å². The topological polar surface area (TPSA) is 17.8 Å². The smallest absolute Gasteiger partial charge is 0.0668 e. The Hall–Kier alpha value is -0.570. The van der Waals surface area contributed by atoms with Gasteiger partial charge in [-0.1, -0.05) is 22.0 Å². The minimum absolute atomic E-state index is 1.02. The van der Waals surface area contributed by atoms with Crippen LogP contribution in [0.2, 0.25) is 0 Å². The number of hydrogen-bond acceptors (Lipinski definition) is 1. The molecule has 0 saturated heterocycles. The second-order valence-corrected chi connectivity index (χ2v) is 3.96. The molecule has 3 heteroatoms. The van der Waals surface area contributed by atoms with E-state index in [2.05, 4.69) is 40.2 Å². The van der Waals surface area contributed by atoms with E-state index in [1.165, 1.54) is 11.1 Å². The van der Waals surface area contributed by atoms with Gasteiger partial charge in [-0.25, -0.2) is 0 Å². The Morgan fingerprint density at radius 2 is 2.38 bits per heavy atom. The zero-order chi connectivity index (χ0) is 9.84. The van der Waals surface area contributed by atoms with Gasteiger partial charge in [0.05, 0.1) is 5.69 Å². The third-order valence-corrected chi connectivity index (χ3v) is 2.46. The van der Waals surface area contributed by atoms with E-state index < -0.39 is 0 Å². The van der Waals surface area contributed by atoms with E-state index in [-0.39, 0.29) is 0 Å². The van der Waals surface area contributed by atoms with Crippen LogP contribution in [0.3, 0.4) is 0 Å². The van der Waals surface area contributed by atoms with Crippen molar-refractivity contribution in [1.29, 1.82) is 0 Å². The maximum Gasteiger partial charge on any atom is 0.0668 e. The summed E-state index contributed by atoms with van der Waals surface area (Å²) >= 11 is 3.41. The summed E-state index contributed by atoms with van der Waals surface area (Å²) in [6.45, 7) is 4.17. The van der Waals surface area contributed by atoms with Crippen LogP contribution in [0.15, 0.2) is 12.3 Å². The maximum atomic E-state index is 4.30. The van der Waals surface area contributed by atoms with Crippen molar-refractivity contribution in [3.05, 3.63) is 23.5 Å². The lowest BCUT2D eigenvalue weighted by atomic mass is 10.1. The van der Waals surface area contributed by atoms with Crippen molar-refractivity contribution < 1.29 is 0 Å². The van der Waals surface area contributed by atoms with Crippen LogP contribution in [0.25, 0.3) is 5.57 Å². The van der Waals surface area contributed by atoms with E-state index in [0.29, 0.717) is 0 Å². The molecule has 0 radical (unpaired) electrons. The van der Waals surface area contributed by atoms with Crippen molar-refractivity contribution in [2.24, 2.45) is 7.05 Å². The van der Waals surface area contributed by atoms with Gasteiger partial charge in [0.2, 0.25) is 0 Å². The monoisotopic (exact) mass is 242 g/mol. The number of halogens is 1. The molecule has 0 amide bonds. The molecule has 1 aromatic rings. The lowest BCUT2D eigenvalue weighted by molar-refractivity contribution is 0.756. The van der Waals surface area contributed by atoms with Gasteiger partial charge in [0.25, 0.3) is 0 Å². The second-order valence-electron chi connectivity index (χ2n) is 3.17. The molecular weight excluding hydrogens is 228 g/mol. The quantitative estimate of drug-likeness (QED) is 0.746. The Bertz CT molecular complexity index is 313. The predicted molar refractivity (Wildman–Crippen MR) is 60.0 cm³/mol. The molecule has 0 bridgehead atoms. The highest BCUT2D eigenvalue weighted by molar-refractivity contribution is 9.09. The summed E-state index contributed by atoms with van der Waals surface area (Å²) in [6, 6.07) is 0. The van der Waals surface area contributed by atoms with E-state index in [1.807, 2.05) is 18.7 Å². The fourth-order valence-electron chi connectivity index (χ4n) is 1.37. The number of aromatic nitrogens is 2. The zero-order valence-corrected chi connectivity index (χ0v) is 9.93. The fraction of sp³-hybridized carbons (Fsp3) is 0.500. The van der Waals surface area contributed by atoms with Gasteiger partial charge in [0.1, 0.15) is 0 Å². The molecule has 13 heavy (non-hydrogen) atoms. The normalized spacial score (nSPS) is 12.2. The Balaban J connectivity index is 2.87. The van der Waals surface area contributed by atoms with Gasteiger partial charge in [-0.2, -0.15) is 5.10 Å². The summed E-state index contributed by atoms with van der Waals surface area (Å²) in [6.07, 6.45) is 5.37. The van der Waals surface area contributed by atoms with Crippen molar-refractivity contribution in [3.63, 3.8) is 0 Å². The van der Waals surface area contributed by atoms with Gasteiger partial charge in [-0.05, 0) is 25.8 Å². The summed E-state index contributed by atoms with van der Waals surface area (Å²) in [7, 11) is 1.95. The minimum Gasteiger partial charge on any atom is -0.275 e. The van der Waals surface area contributed by atoms with E-state index >= 15 is 0 Å². The molecule has 0 aromatic carbocycles. The highest BCUT2D eigenvalue weighted by atomic mass is 79.9. The molecule has 1 rings (SSSR count). The molecule has 0 atom stereocenters. The highest BCUT2D eigenvalue weighted by Crippen LogP contribution is 2.17. The first-order valence-corrected chi connectivity index (χ1v) is 5.50. The SMILES string of the molecule is C/C(=C\CCBr)c1cn(C)nc1C. The summed E-state index contributed by atoms with van der Waals surface area (Å²) in [4.78, 5) is 0. The molecular formula is C10H15BrN2. The third kappa shape index (κ3) is 2.69. The van der Waals surface area contributed by atoms with Gasteiger partial charge in [-0.15, -0.1) is 0 Å². The summed E-state index contributed by atoms with van der Waals surface area (Å²) in [5.74, 6) is 0. The molecule has 0 aliphatic heterocycles. The number of nitrogens with zero attached hydrogens (tertiary/aromatic N) is 2. The first-order valence-electron chi connectivity index (χ1n) is 4.38. The molecule has 1 heterocycles. The van der Waals surface area contributed by atoms with Crippen LogP contribution in [0, 0.1) is 6.92 Å². The molecule has 0 spiro atoms. The van der Waals surface area contributed by atoms with Crippen LogP contribution in [-0.4, -0.2) is 15.1 Å². The maximum absolute atomic E-state index is 4.30. The van der Waals surface area contributed by atoms with Crippen LogP contribution in [0.5, 0.6) is 0 Å².